The SMILES string of the molecule is CCC(Br)Cc1ccccc1S(=O)(=O)N(C)C. The van der Waals surface area contributed by atoms with Gasteiger partial charge in [-0.2, -0.15) is 0 Å². The zero-order chi connectivity index (χ0) is 13.1. The van der Waals surface area contributed by atoms with Gasteiger partial charge in [0.2, 0.25) is 10.0 Å². The summed E-state index contributed by atoms with van der Waals surface area (Å²) in [4.78, 5) is 0.712. The summed E-state index contributed by atoms with van der Waals surface area (Å²) in [6.45, 7) is 2.07. The lowest BCUT2D eigenvalue weighted by Gasteiger charge is -2.16. The van der Waals surface area contributed by atoms with E-state index >= 15 is 0 Å². The predicted octanol–water partition coefficient (Wildman–Crippen LogP) is 2.65. The molecular weight excluding hydrogens is 302 g/mol. The van der Waals surface area contributed by atoms with E-state index in [2.05, 4.69) is 22.9 Å². The van der Waals surface area contributed by atoms with Crippen LogP contribution in [0, 0.1) is 0 Å². The van der Waals surface area contributed by atoms with Crippen LogP contribution in [0.25, 0.3) is 0 Å². The van der Waals surface area contributed by atoms with Gasteiger partial charge >= 0.3 is 0 Å². The van der Waals surface area contributed by atoms with Crippen molar-refractivity contribution in [2.24, 2.45) is 0 Å². The number of sulfonamides is 1. The minimum atomic E-state index is -3.35. The van der Waals surface area contributed by atoms with Gasteiger partial charge in [0.25, 0.3) is 0 Å². The number of hydrogen-bond donors (Lipinski definition) is 0. The fraction of sp³-hybridized carbons (Fsp3) is 0.500. The summed E-state index contributed by atoms with van der Waals surface area (Å²) in [5.41, 5.74) is 0.866. The number of nitrogens with zero attached hydrogens (tertiary/aromatic N) is 1. The Hall–Kier alpha value is -0.390. The van der Waals surface area contributed by atoms with E-state index in [4.69, 9.17) is 0 Å². The molecule has 0 aliphatic carbocycles. The van der Waals surface area contributed by atoms with Crippen molar-refractivity contribution in [2.75, 3.05) is 14.1 Å². The molecule has 0 aliphatic rings. The van der Waals surface area contributed by atoms with E-state index in [0.29, 0.717) is 9.72 Å². The van der Waals surface area contributed by atoms with Crippen LogP contribution >= 0.6 is 15.9 Å². The molecular formula is C12H18BrNO2S. The maximum atomic E-state index is 12.1. The first kappa shape index (κ1) is 14.7. The van der Waals surface area contributed by atoms with Gasteiger partial charge in [0, 0.05) is 18.9 Å². The number of halogens is 1. The molecule has 1 atom stereocenters. The van der Waals surface area contributed by atoms with Crippen molar-refractivity contribution >= 4 is 26.0 Å². The first-order valence-electron chi connectivity index (χ1n) is 5.54. The third kappa shape index (κ3) is 3.53. The lowest BCUT2D eigenvalue weighted by molar-refractivity contribution is 0.519. The van der Waals surface area contributed by atoms with Gasteiger partial charge in [-0.1, -0.05) is 41.1 Å². The van der Waals surface area contributed by atoms with Gasteiger partial charge in [-0.15, -0.1) is 0 Å². The fourth-order valence-corrected chi connectivity index (χ4v) is 2.98. The molecule has 1 unspecified atom stereocenters. The zero-order valence-electron chi connectivity index (χ0n) is 10.4. The standard InChI is InChI=1S/C12H18BrNO2S/c1-4-11(13)9-10-7-5-6-8-12(10)17(15,16)14(2)3/h5-8,11H,4,9H2,1-3H3. The minimum absolute atomic E-state index is 0.306. The van der Waals surface area contributed by atoms with E-state index in [0.717, 1.165) is 18.4 Å². The summed E-state index contributed by atoms with van der Waals surface area (Å²) in [5.74, 6) is 0. The van der Waals surface area contributed by atoms with Crippen LogP contribution in [0.5, 0.6) is 0 Å². The molecule has 0 aliphatic heterocycles. The van der Waals surface area contributed by atoms with Crippen LogP contribution in [-0.2, 0) is 16.4 Å². The normalized spacial score (nSPS) is 13.9. The van der Waals surface area contributed by atoms with Crippen molar-refractivity contribution in [1.82, 2.24) is 4.31 Å². The van der Waals surface area contributed by atoms with Crippen molar-refractivity contribution in [3.8, 4) is 0 Å². The molecule has 0 saturated heterocycles. The van der Waals surface area contributed by atoms with E-state index in [1.54, 1.807) is 26.2 Å². The third-order valence-electron chi connectivity index (χ3n) is 2.62. The molecule has 0 spiro atoms. The predicted molar refractivity (Wildman–Crippen MR) is 74.0 cm³/mol. The largest absolute Gasteiger partial charge is 0.242 e. The second kappa shape index (κ2) is 5.98. The van der Waals surface area contributed by atoms with Crippen LogP contribution in [-0.4, -0.2) is 31.6 Å². The zero-order valence-corrected chi connectivity index (χ0v) is 12.8. The minimum Gasteiger partial charge on any atom is -0.207 e. The van der Waals surface area contributed by atoms with Crippen LogP contribution in [0.3, 0.4) is 0 Å². The Morgan fingerprint density at radius 3 is 2.41 bits per heavy atom. The van der Waals surface area contributed by atoms with Crippen LogP contribution in [0.2, 0.25) is 0 Å². The first-order chi connectivity index (χ1) is 7.89. The Labute approximate surface area is 112 Å². The lowest BCUT2D eigenvalue weighted by atomic mass is 10.1. The second-order valence-electron chi connectivity index (χ2n) is 4.10. The number of rotatable bonds is 5. The van der Waals surface area contributed by atoms with Gasteiger partial charge in [-0.05, 0) is 24.5 Å². The highest BCUT2D eigenvalue weighted by molar-refractivity contribution is 9.09. The van der Waals surface area contributed by atoms with Gasteiger partial charge < -0.3 is 0 Å². The number of alkyl halides is 1. The molecule has 0 aromatic heterocycles. The second-order valence-corrected chi connectivity index (χ2v) is 7.52. The van der Waals surface area contributed by atoms with Crippen molar-refractivity contribution in [3.63, 3.8) is 0 Å². The van der Waals surface area contributed by atoms with Crippen molar-refractivity contribution < 1.29 is 8.42 Å². The molecule has 0 N–H and O–H groups in total. The Bertz CT molecular complexity index is 471. The molecule has 1 rings (SSSR count). The summed E-state index contributed by atoms with van der Waals surface area (Å²) in [5, 5.41) is 0. The Balaban J connectivity index is 3.17. The van der Waals surface area contributed by atoms with Crippen LogP contribution in [0.1, 0.15) is 18.9 Å². The number of benzene rings is 1. The molecule has 0 amide bonds. The van der Waals surface area contributed by atoms with Crippen molar-refractivity contribution in [1.29, 1.82) is 0 Å². The Morgan fingerprint density at radius 2 is 1.88 bits per heavy atom. The maximum absolute atomic E-state index is 12.1. The smallest absolute Gasteiger partial charge is 0.207 e. The molecule has 1 aromatic carbocycles. The molecule has 0 bridgehead atoms. The van der Waals surface area contributed by atoms with Gasteiger partial charge in [0.05, 0.1) is 4.90 Å². The molecule has 17 heavy (non-hydrogen) atoms. The molecule has 0 heterocycles. The lowest BCUT2D eigenvalue weighted by Crippen LogP contribution is -2.23. The third-order valence-corrected chi connectivity index (χ3v) is 5.50. The van der Waals surface area contributed by atoms with Crippen LogP contribution < -0.4 is 0 Å². The highest BCUT2D eigenvalue weighted by Gasteiger charge is 2.21. The van der Waals surface area contributed by atoms with E-state index < -0.39 is 10.0 Å². The van der Waals surface area contributed by atoms with E-state index in [9.17, 15) is 8.42 Å². The van der Waals surface area contributed by atoms with Gasteiger partial charge in [0.1, 0.15) is 0 Å². The molecule has 5 heteroatoms. The van der Waals surface area contributed by atoms with E-state index in [-0.39, 0.29) is 0 Å². The quantitative estimate of drug-likeness (QED) is 0.782. The van der Waals surface area contributed by atoms with Gasteiger partial charge in [0.15, 0.2) is 0 Å². The summed E-state index contributed by atoms with van der Waals surface area (Å²) < 4.78 is 25.5. The summed E-state index contributed by atoms with van der Waals surface area (Å²) in [6.07, 6.45) is 1.69. The van der Waals surface area contributed by atoms with Gasteiger partial charge in [-0.25, -0.2) is 12.7 Å². The van der Waals surface area contributed by atoms with Gasteiger partial charge in [-0.3, -0.25) is 0 Å². The van der Waals surface area contributed by atoms with Crippen LogP contribution in [0.4, 0.5) is 0 Å². The molecule has 1 aromatic rings. The van der Waals surface area contributed by atoms with Crippen molar-refractivity contribution in [3.05, 3.63) is 29.8 Å². The highest BCUT2D eigenvalue weighted by atomic mass is 79.9. The first-order valence-corrected chi connectivity index (χ1v) is 7.89. The highest BCUT2D eigenvalue weighted by Crippen LogP contribution is 2.22. The molecule has 0 saturated carbocycles. The maximum Gasteiger partial charge on any atom is 0.242 e. The topological polar surface area (TPSA) is 37.4 Å². The Kier molecular flexibility index (Phi) is 5.16. The fourth-order valence-electron chi connectivity index (χ4n) is 1.50. The number of hydrogen-bond acceptors (Lipinski definition) is 2. The summed E-state index contributed by atoms with van der Waals surface area (Å²) in [7, 11) is -0.243. The molecule has 0 radical (unpaired) electrons. The van der Waals surface area contributed by atoms with E-state index in [1.807, 2.05) is 12.1 Å². The van der Waals surface area contributed by atoms with Crippen molar-refractivity contribution in [2.45, 2.75) is 29.5 Å². The summed E-state index contributed by atoms with van der Waals surface area (Å²) in [6, 6.07) is 7.18. The monoisotopic (exact) mass is 319 g/mol. The average molecular weight is 320 g/mol. The van der Waals surface area contributed by atoms with E-state index in [1.165, 1.54) is 4.31 Å². The molecule has 3 nitrogen and oxygen atoms in total. The average Bonchev–Trinajstić information content (AvgIpc) is 2.29. The Morgan fingerprint density at radius 1 is 1.29 bits per heavy atom. The summed E-state index contributed by atoms with van der Waals surface area (Å²) >= 11 is 3.54. The molecule has 0 fully saturated rings. The molecule has 96 valence electrons. The van der Waals surface area contributed by atoms with Crippen LogP contribution in [0.15, 0.2) is 29.2 Å².